The van der Waals surface area contributed by atoms with E-state index in [0.29, 0.717) is 24.2 Å². The molecule has 5 nitrogen and oxygen atoms in total. The van der Waals surface area contributed by atoms with E-state index >= 15 is 0 Å². The molecule has 0 aliphatic carbocycles. The van der Waals surface area contributed by atoms with Crippen molar-refractivity contribution in [2.24, 2.45) is 0 Å². The van der Waals surface area contributed by atoms with Gasteiger partial charge in [0.25, 0.3) is 5.91 Å². The Morgan fingerprint density at radius 3 is 3.00 bits per heavy atom. The number of amides is 1. The Bertz CT molecular complexity index is 472. The molecule has 1 fully saturated rings. The van der Waals surface area contributed by atoms with Crippen LogP contribution in [0.2, 0.25) is 0 Å². The number of esters is 1. The van der Waals surface area contributed by atoms with E-state index in [1.54, 1.807) is 24.3 Å². The number of aliphatic hydroxyl groups excluding tert-OH is 1. The largest absolute Gasteiger partial charge is 0.465 e. The van der Waals surface area contributed by atoms with Gasteiger partial charge in [0, 0.05) is 12.2 Å². The van der Waals surface area contributed by atoms with Gasteiger partial charge in [-0.1, -0.05) is 6.07 Å². The molecule has 5 heteroatoms. The van der Waals surface area contributed by atoms with Crippen LogP contribution in [0.15, 0.2) is 24.3 Å². The molecule has 2 rings (SSSR count). The van der Waals surface area contributed by atoms with Crippen LogP contribution >= 0.6 is 0 Å². The van der Waals surface area contributed by atoms with Crippen molar-refractivity contribution in [3.63, 3.8) is 0 Å². The van der Waals surface area contributed by atoms with Crippen LogP contribution in [0.3, 0.4) is 0 Å². The number of anilines is 1. The second-order valence-electron chi connectivity index (χ2n) is 4.19. The van der Waals surface area contributed by atoms with Gasteiger partial charge in [0.2, 0.25) is 0 Å². The molecule has 1 aromatic carbocycles. The van der Waals surface area contributed by atoms with Crippen molar-refractivity contribution in [3.8, 4) is 0 Å². The van der Waals surface area contributed by atoms with Gasteiger partial charge in [-0.15, -0.1) is 0 Å². The number of benzene rings is 1. The molecule has 0 saturated carbocycles. The average Bonchev–Trinajstić information content (AvgIpc) is 2.41. The lowest BCUT2D eigenvalue weighted by atomic mass is 10.1. The molecule has 1 N–H and O–H groups in total. The number of hydrogen-bond donors (Lipinski definition) is 1. The number of hydrogen-bond acceptors (Lipinski definition) is 4. The molecule has 1 aliphatic rings. The first-order chi connectivity index (χ1) is 8.63. The van der Waals surface area contributed by atoms with Crippen LogP contribution in [0.5, 0.6) is 0 Å². The summed E-state index contributed by atoms with van der Waals surface area (Å²) in [7, 11) is 1.31. The van der Waals surface area contributed by atoms with Gasteiger partial charge < -0.3 is 14.7 Å². The summed E-state index contributed by atoms with van der Waals surface area (Å²) < 4.78 is 4.63. The number of rotatable bonds is 2. The molecule has 96 valence electrons. The van der Waals surface area contributed by atoms with Crippen molar-refractivity contribution in [1.29, 1.82) is 0 Å². The third-order valence-electron chi connectivity index (χ3n) is 2.99. The van der Waals surface area contributed by atoms with E-state index in [9.17, 15) is 14.7 Å². The molecule has 1 atom stereocenters. The lowest BCUT2D eigenvalue weighted by Gasteiger charge is -2.30. The minimum atomic E-state index is -0.944. The Hall–Kier alpha value is -1.88. The van der Waals surface area contributed by atoms with E-state index in [1.807, 2.05) is 0 Å². The fourth-order valence-corrected chi connectivity index (χ4v) is 2.03. The Balaban J connectivity index is 2.27. The fourth-order valence-electron chi connectivity index (χ4n) is 2.03. The van der Waals surface area contributed by atoms with E-state index in [-0.39, 0.29) is 5.91 Å². The third kappa shape index (κ3) is 2.36. The molecule has 1 saturated heterocycles. The molecule has 1 amide bonds. The predicted molar refractivity (Wildman–Crippen MR) is 65.4 cm³/mol. The topological polar surface area (TPSA) is 66.8 Å². The SMILES string of the molecule is COC(=O)c1cccc(N2CCCC(O)C2=O)c1. The summed E-state index contributed by atoms with van der Waals surface area (Å²) in [6, 6.07) is 6.65. The highest BCUT2D eigenvalue weighted by Crippen LogP contribution is 2.22. The highest BCUT2D eigenvalue weighted by molar-refractivity contribution is 5.98. The lowest BCUT2D eigenvalue weighted by molar-refractivity contribution is -0.128. The number of methoxy groups -OCH3 is 1. The molecular formula is C13H15NO4. The van der Waals surface area contributed by atoms with Crippen molar-refractivity contribution < 1.29 is 19.4 Å². The monoisotopic (exact) mass is 249 g/mol. The fraction of sp³-hybridized carbons (Fsp3) is 0.385. The van der Waals surface area contributed by atoms with Crippen LogP contribution in [0.25, 0.3) is 0 Å². The average molecular weight is 249 g/mol. The van der Waals surface area contributed by atoms with E-state index in [4.69, 9.17) is 0 Å². The quantitative estimate of drug-likeness (QED) is 0.793. The van der Waals surface area contributed by atoms with E-state index < -0.39 is 12.1 Å². The summed E-state index contributed by atoms with van der Waals surface area (Å²) in [6.07, 6.45) is 0.294. The predicted octanol–water partition coefficient (Wildman–Crippen LogP) is 0.961. The second kappa shape index (κ2) is 5.18. The first-order valence-corrected chi connectivity index (χ1v) is 5.81. The van der Waals surface area contributed by atoms with Crippen molar-refractivity contribution in [2.45, 2.75) is 18.9 Å². The maximum Gasteiger partial charge on any atom is 0.337 e. The molecule has 0 bridgehead atoms. The van der Waals surface area contributed by atoms with Crippen molar-refractivity contribution in [2.75, 3.05) is 18.6 Å². The first-order valence-electron chi connectivity index (χ1n) is 5.81. The molecule has 1 heterocycles. The summed E-state index contributed by atoms with van der Waals surface area (Å²) in [5.74, 6) is -0.759. The van der Waals surface area contributed by atoms with Gasteiger partial charge in [0.1, 0.15) is 6.10 Å². The first kappa shape index (κ1) is 12.6. The number of nitrogens with zero attached hydrogens (tertiary/aromatic N) is 1. The zero-order valence-corrected chi connectivity index (χ0v) is 10.1. The number of ether oxygens (including phenoxy) is 1. The van der Waals surface area contributed by atoms with Gasteiger partial charge in [-0.05, 0) is 31.0 Å². The van der Waals surface area contributed by atoms with Crippen LogP contribution in [0.4, 0.5) is 5.69 Å². The highest BCUT2D eigenvalue weighted by atomic mass is 16.5. The summed E-state index contributed by atoms with van der Waals surface area (Å²) in [6.45, 7) is 0.556. The van der Waals surface area contributed by atoms with Crippen molar-refractivity contribution in [3.05, 3.63) is 29.8 Å². The summed E-state index contributed by atoms with van der Waals surface area (Å²) in [4.78, 5) is 24.8. The molecule has 1 unspecified atom stereocenters. The lowest BCUT2D eigenvalue weighted by Crippen LogP contribution is -2.44. The highest BCUT2D eigenvalue weighted by Gasteiger charge is 2.28. The molecular weight excluding hydrogens is 234 g/mol. The molecule has 1 aliphatic heterocycles. The van der Waals surface area contributed by atoms with Crippen LogP contribution in [0, 0.1) is 0 Å². The van der Waals surface area contributed by atoms with E-state index in [2.05, 4.69) is 4.74 Å². The van der Waals surface area contributed by atoms with E-state index in [0.717, 1.165) is 6.42 Å². The van der Waals surface area contributed by atoms with Gasteiger partial charge in [-0.3, -0.25) is 4.79 Å². The minimum absolute atomic E-state index is 0.316. The van der Waals surface area contributed by atoms with Gasteiger partial charge in [-0.25, -0.2) is 4.79 Å². The maximum absolute atomic E-state index is 11.8. The Labute approximate surface area is 105 Å². The summed E-state index contributed by atoms with van der Waals surface area (Å²) >= 11 is 0. The molecule has 0 aromatic heterocycles. The van der Waals surface area contributed by atoms with Crippen LogP contribution in [0.1, 0.15) is 23.2 Å². The molecule has 0 spiro atoms. The normalized spacial score (nSPS) is 19.8. The smallest absolute Gasteiger partial charge is 0.337 e. The minimum Gasteiger partial charge on any atom is -0.465 e. The Kier molecular flexibility index (Phi) is 3.62. The zero-order valence-electron chi connectivity index (χ0n) is 10.1. The van der Waals surface area contributed by atoms with Crippen LogP contribution in [-0.4, -0.2) is 36.7 Å². The Morgan fingerprint density at radius 2 is 2.28 bits per heavy atom. The number of aliphatic hydroxyl groups is 1. The summed E-state index contributed by atoms with van der Waals surface area (Å²) in [5, 5.41) is 9.55. The van der Waals surface area contributed by atoms with Gasteiger partial charge in [0.15, 0.2) is 0 Å². The molecule has 0 radical (unpaired) electrons. The standard InChI is InChI=1S/C13H15NO4/c1-18-13(17)9-4-2-5-10(8-9)14-7-3-6-11(15)12(14)16/h2,4-5,8,11,15H,3,6-7H2,1H3. The van der Waals surface area contributed by atoms with Crippen molar-refractivity contribution >= 4 is 17.6 Å². The molecule has 1 aromatic rings. The van der Waals surface area contributed by atoms with Crippen LogP contribution < -0.4 is 4.90 Å². The van der Waals surface area contributed by atoms with E-state index in [1.165, 1.54) is 12.0 Å². The summed E-state index contributed by atoms with van der Waals surface area (Å²) in [5.41, 5.74) is 1.00. The Morgan fingerprint density at radius 1 is 1.50 bits per heavy atom. The number of piperidine rings is 1. The zero-order chi connectivity index (χ0) is 13.1. The third-order valence-corrected chi connectivity index (χ3v) is 2.99. The number of carbonyl (C=O) groups is 2. The van der Waals surface area contributed by atoms with Gasteiger partial charge in [-0.2, -0.15) is 0 Å². The molecule has 18 heavy (non-hydrogen) atoms. The van der Waals surface area contributed by atoms with Gasteiger partial charge in [0.05, 0.1) is 12.7 Å². The second-order valence-corrected chi connectivity index (χ2v) is 4.19. The number of carbonyl (C=O) groups excluding carboxylic acids is 2. The van der Waals surface area contributed by atoms with Gasteiger partial charge >= 0.3 is 5.97 Å². The van der Waals surface area contributed by atoms with Crippen LogP contribution in [-0.2, 0) is 9.53 Å². The maximum atomic E-state index is 11.8. The van der Waals surface area contributed by atoms with Crippen molar-refractivity contribution in [1.82, 2.24) is 0 Å².